The van der Waals surface area contributed by atoms with E-state index in [-0.39, 0.29) is 24.2 Å². The quantitative estimate of drug-likeness (QED) is 0.806. The largest absolute Gasteiger partial charge is 0.379 e. The minimum atomic E-state index is -0.826. The Morgan fingerprint density at radius 1 is 1.27 bits per heavy atom. The lowest BCUT2D eigenvalue weighted by atomic mass is 9.97. The molecule has 0 unspecified atom stereocenters. The van der Waals surface area contributed by atoms with Gasteiger partial charge >= 0.3 is 0 Å². The van der Waals surface area contributed by atoms with Crippen molar-refractivity contribution in [3.05, 3.63) is 35.6 Å². The highest BCUT2D eigenvalue weighted by Crippen LogP contribution is 2.29. The van der Waals surface area contributed by atoms with E-state index in [1.54, 1.807) is 19.2 Å². The van der Waals surface area contributed by atoms with Gasteiger partial charge in [-0.25, -0.2) is 4.39 Å². The molecule has 0 radical (unpaired) electrons. The maximum atomic E-state index is 13.2. The Kier molecular flexibility index (Phi) is 6.18. The zero-order chi connectivity index (χ0) is 18.5. The minimum Gasteiger partial charge on any atom is -0.379 e. The molecule has 0 saturated carbocycles. The normalized spacial score (nSPS) is 24.5. The van der Waals surface area contributed by atoms with Crippen LogP contribution in [0.1, 0.15) is 11.6 Å². The van der Waals surface area contributed by atoms with E-state index in [4.69, 9.17) is 9.47 Å². The standard InChI is InChI=1S/C18H24FN3O4/c1-21-15(23)12-26-17(16(21)13-2-4-14(19)5-3-13)18(24)20-6-7-22-8-10-25-11-9-22/h2-5,16-17H,6-12H2,1H3,(H,20,24)/t16-,17-/m1/s1. The minimum absolute atomic E-state index is 0.143. The third kappa shape index (κ3) is 4.38. The lowest BCUT2D eigenvalue weighted by Gasteiger charge is -2.38. The Hall–Kier alpha value is -2.03. The third-order valence-electron chi connectivity index (χ3n) is 4.78. The second-order valence-corrected chi connectivity index (χ2v) is 6.48. The van der Waals surface area contributed by atoms with Gasteiger partial charge in [-0.05, 0) is 17.7 Å². The maximum Gasteiger partial charge on any atom is 0.251 e. The molecule has 2 amide bonds. The molecule has 2 heterocycles. The molecule has 3 rings (SSSR count). The van der Waals surface area contributed by atoms with Crippen LogP contribution < -0.4 is 5.32 Å². The van der Waals surface area contributed by atoms with Crippen molar-refractivity contribution < 1.29 is 23.5 Å². The second-order valence-electron chi connectivity index (χ2n) is 6.48. The predicted octanol–water partition coefficient (Wildman–Crippen LogP) is 0.172. The molecule has 142 valence electrons. The number of nitrogens with zero attached hydrogens (tertiary/aromatic N) is 2. The SMILES string of the molecule is CN1C(=O)CO[C@@H](C(=O)NCCN2CCOCC2)[C@H]1c1ccc(F)cc1. The van der Waals surface area contributed by atoms with Gasteiger partial charge in [-0.3, -0.25) is 14.5 Å². The van der Waals surface area contributed by atoms with Crippen LogP contribution in [0.3, 0.4) is 0 Å². The Labute approximate surface area is 152 Å². The van der Waals surface area contributed by atoms with Gasteiger partial charge in [0, 0.05) is 33.2 Å². The molecular weight excluding hydrogens is 341 g/mol. The number of halogens is 1. The van der Waals surface area contributed by atoms with Crippen LogP contribution in [0.25, 0.3) is 0 Å². The fourth-order valence-corrected chi connectivity index (χ4v) is 3.25. The van der Waals surface area contributed by atoms with E-state index in [1.165, 1.54) is 17.0 Å². The molecule has 2 aliphatic heterocycles. The number of morpholine rings is 2. The average Bonchev–Trinajstić information content (AvgIpc) is 2.65. The van der Waals surface area contributed by atoms with Gasteiger partial charge in [0.05, 0.1) is 19.3 Å². The summed E-state index contributed by atoms with van der Waals surface area (Å²) in [5.74, 6) is -0.852. The molecule has 0 bridgehead atoms. The molecule has 7 nitrogen and oxygen atoms in total. The Morgan fingerprint density at radius 2 is 1.96 bits per heavy atom. The van der Waals surface area contributed by atoms with Crippen LogP contribution >= 0.6 is 0 Å². The van der Waals surface area contributed by atoms with Gasteiger partial charge < -0.3 is 19.7 Å². The average molecular weight is 365 g/mol. The summed E-state index contributed by atoms with van der Waals surface area (Å²) in [6.07, 6.45) is -0.826. The topological polar surface area (TPSA) is 71.1 Å². The van der Waals surface area contributed by atoms with Crippen LogP contribution in [-0.2, 0) is 19.1 Å². The highest BCUT2D eigenvalue weighted by atomic mass is 19.1. The van der Waals surface area contributed by atoms with Crippen LogP contribution in [0.2, 0.25) is 0 Å². The number of hydrogen-bond donors (Lipinski definition) is 1. The van der Waals surface area contributed by atoms with Gasteiger partial charge in [-0.15, -0.1) is 0 Å². The molecule has 1 aromatic rings. The molecule has 0 spiro atoms. The molecule has 26 heavy (non-hydrogen) atoms. The van der Waals surface area contributed by atoms with Gasteiger partial charge in [0.1, 0.15) is 12.4 Å². The van der Waals surface area contributed by atoms with E-state index in [2.05, 4.69) is 10.2 Å². The highest BCUT2D eigenvalue weighted by Gasteiger charge is 2.39. The predicted molar refractivity (Wildman–Crippen MR) is 91.9 cm³/mol. The highest BCUT2D eigenvalue weighted by molar-refractivity contribution is 5.86. The summed E-state index contributed by atoms with van der Waals surface area (Å²) in [5.41, 5.74) is 0.662. The molecule has 2 atom stereocenters. The number of carbonyl (C=O) groups is 2. The van der Waals surface area contributed by atoms with Crippen molar-refractivity contribution in [2.45, 2.75) is 12.1 Å². The zero-order valence-electron chi connectivity index (χ0n) is 14.8. The molecule has 1 N–H and O–H groups in total. The lowest BCUT2D eigenvalue weighted by molar-refractivity contribution is -0.162. The van der Waals surface area contributed by atoms with E-state index in [1.807, 2.05) is 0 Å². The number of rotatable bonds is 5. The van der Waals surface area contributed by atoms with Gasteiger partial charge in [-0.2, -0.15) is 0 Å². The first kappa shape index (κ1) is 18.8. The van der Waals surface area contributed by atoms with E-state index in [9.17, 15) is 14.0 Å². The van der Waals surface area contributed by atoms with Crippen LogP contribution in [0, 0.1) is 5.82 Å². The first-order chi connectivity index (χ1) is 12.6. The Bertz CT molecular complexity index is 634. The zero-order valence-corrected chi connectivity index (χ0v) is 14.8. The molecule has 1 aromatic carbocycles. The Balaban J connectivity index is 1.63. The van der Waals surface area contributed by atoms with Crippen molar-refractivity contribution in [3.63, 3.8) is 0 Å². The smallest absolute Gasteiger partial charge is 0.251 e. The molecule has 2 aliphatic rings. The van der Waals surface area contributed by atoms with Crippen LogP contribution in [-0.4, -0.2) is 80.8 Å². The van der Waals surface area contributed by atoms with Crippen molar-refractivity contribution in [2.24, 2.45) is 0 Å². The molecule has 0 aliphatic carbocycles. The van der Waals surface area contributed by atoms with Crippen molar-refractivity contribution >= 4 is 11.8 Å². The fourth-order valence-electron chi connectivity index (χ4n) is 3.25. The van der Waals surface area contributed by atoms with Crippen molar-refractivity contribution in [1.29, 1.82) is 0 Å². The number of likely N-dealkylation sites (N-methyl/N-ethyl adjacent to an activating group) is 1. The van der Waals surface area contributed by atoms with Crippen LogP contribution in [0.15, 0.2) is 24.3 Å². The van der Waals surface area contributed by atoms with Crippen LogP contribution in [0.5, 0.6) is 0 Å². The molecule has 8 heteroatoms. The van der Waals surface area contributed by atoms with E-state index < -0.39 is 12.1 Å². The van der Waals surface area contributed by atoms with Gasteiger partial charge in [0.25, 0.3) is 5.91 Å². The van der Waals surface area contributed by atoms with Gasteiger partial charge in [0.2, 0.25) is 5.91 Å². The monoisotopic (exact) mass is 365 g/mol. The summed E-state index contributed by atoms with van der Waals surface area (Å²) in [6.45, 7) is 4.20. The first-order valence-corrected chi connectivity index (χ1v) is 8.77. The summed E-state index contributed by atoms with van der Waals surface area (Å²) in [4.78, 5) is 28.4. The molecule has 2 saturated heterocycles. The summed E-state index contributed by atoms with van der Waals surface area (Å²) >= 11 is 0. The number of nitrogens with one attached hydrogen (secondary N) is 1. The van der Waals surface area contributed by atoms with Crippen molar-refractivity contribution in [2.75, 3.05) is 53.0 Å². The number of amides is 2. The van der Waals surface area contributed by atoms with Gasteiger partial charge in [-0.1, -0.05) is 12.1 Å². The molecule has 2 fully saturated rings. The lowest BCUT2D eigenvalue weighted by Crippen LogP contribution is -2.53. The second kappa shape index (κ2) is 8.57. The summed E-state index contributed by atoms with van der Waals surface area (Å²) < 4.78 is 24.1. The molecular formula is C18H24FN3O4. The summed E-state index contributed by atoms with van der Waals surface area (Å²) in [5, 5.41) is 2.89. The molecule has 0 aromatic heterocycles. The number of ether oxygens (including phenoxy) is 2. The number of carbonyl (C=O) groups excluding carboxylic acids is 2. The Morgan fingerprint density at radius 3 is 2.65 bits per heavy atom. The maximum absolute atomic E-state index is 13.2. The fraction of sp³-hybridized carbons (Fsp3) is 0.556. The van der Waals surface area contributed by atoms with E-state index >= 15 is 0 Å². The summed E-state index contributed by atoms with van der Waals surface area (Å²) in [6, 6.07) is 5.20. The number of hydrogen-bond acceptors (Lipinski definition) is 5. The number of benzene rings is 1. The first-order valence-electron chi connectivity index (χ1n) is 8.77. The van der Waals surface area contributed by atoms with Crippen LogP contribution in [0.4, 0.5) is 4.39 Å². The summed E-state index contributed by atoms with van der Waals surface area (Å²) in [7, 11) is 1.63. The van der Waals surface area contributed by atoms with Gasteiger partial charge in [0.15, 0.2) is 6.10 Å². The van der Waals surface area contributed by atoms with E-state index in [0.717, 1.165) is 19.6 Å². The third-order valence-corrected chi connectivity index (χ3v) is 4.78. The van der Waals surface area contributed by atoms with E-state index in [0.29, 0.717) is 25.3 Å². The van der Waals surface area contributed by atoms with Crippen molar-refractivity contribution in [1.82, 2.24) is 15.1 Å². The van der Waals surface area contributed by atoms with Crippen molar-refractivity contribution in [3.8, 4) is 0 Å².